The normalized spacial score (nSPS) is 10.7. The van der Waals surface area contributed by atoms with Crippen molar-refractivity contribution < 1.29 is 9.13 Å². The third-order valence-corrected chi connectivity index (χ3v) is 2.08. The van der Waals surface area contributed by atoms with Gasteiger partial charge in [0, 0.05) is 0 Å². The van der Waals surface area contributed by atoms with Gasteiger partial charge in [-0.15, -0.1) is 0 Å². The second-order valence-corrected chi connectivity index (χ2v) is 3.31. The van der Waals surface area contributed by atoms with E-state index in [1.54, 1.807) is 6.07 Å². The summed E-state index contributed by atoms with van der Waals surface area (Å²) in [5.74, 6) is 0.379. The Morgan fingerprint density at radius 1 is 1.54 bits per heavy atom. The Hall–Kier alpha value is -0.830. The van der Waals surface area contributed by atoms with Crippen LogP contribution in [-0.2, 0) is 0 Å². The topological polar surface area (TPSA) is 9.23 Å². The molecule has 0 aliphatic heterocycles. The van der Waals surface area contributed by atoms with E-state index in [1.165, 1.54) is 12.1 Å². The van der Waals surface area contributed by atoms with E-state index >= 15 is 0 Å². The molecule has 0 fully saturated rings. The van der Waals surface area contributed by atoms with Crippen molar-refractivity contribution in [3.63, 3.8) is 0 Å². The van der Waals surface area contributed by atoms with Crippen LogP contribution in [0.15, 0.2) is 34.8 Å². The molecule has 1 rings (SSSR count). The van der Waals surface area contributed by atoms with Crippen LogP contribution in [0, 0.1) is 5.82 Å². The Balaban J connectivity index is 2.66. The zero-order valence-electron chi connectivity index (χ0n) is 7.26. The molecule has 0 bridgehead atoms. The Morgan fingerprint density at radius 3 is 2.92 bits per heavy atom. The van der Waals surface area contributed by atoms with E-state index in [0.717, 1.165) is 0 Å². The number of rotatable bonds is 3. The lowest BCUT2D eigenvalue weighted by atomic mass is 10.3. The van der Waals surface area contributed by atoms with Crippen molar-refractivity contribution in [2.45, 2.75) is 6.92 Å². The summed E-state index contributed by atoms with van der Waals surface area (Å²) < 4.78 is 18.6. The smallest absolute Gasteiger partial charge is 0.134 e. The second-order valence-electron chi connectivity index (χ2n) is 2.45. The maximum Gasteiger partial charge on any atom is 0.134 e. The number of ether oxygens (including phenoxy) is 1. The number of hydrogen-bond acceptors (Lipinski definition) is 1. The van der Waals surface area contributed by atoms with Crippen LogP contribution in [0.3, 0.4) is 0 Å². The highest BCUT2D eigenvalue weighted by Crippen LogP contribution is 2.25. The maximum atomic E-state index is 12.6. The first-order valence-electron chi connectivity index (χ1n) is 3.93. The molecule has 0 spiro atoms. The highest BCUT2D eigenvalue weighted by molar-refractivity contribution is 9.10. The fourth-order valence-electron chi connectivity index (χ4n) is 0.826. The quantitative estimate of drug-likeness (QED) is 0.740. The minimum atomic E-state index is -0.273. The lowest BCUT2D eigenvalue weighted by Crippen LogP contribution is -1.94. The van der Waals surface area contributed by atoms with Crippen LogP contribution >= 0.6 is 15.9 Å². The first-order chi connectivity index (χ1) is 6.24. The highest BCUT2D eigenvalue weighted by Gasteiger charge is 2.00. The van der Waals surface area contributed by atoms with E-state index in [1.807, 2.05) is 19.1 Å². The molecule has 0 saturated heterocycles. The Bertz CT molecular complexity index is 310. The second kappa shape index (κ2) is 5.02. The van der Waals surface area contributed by atoms with Gasteiger partial charge >= 0.3 is 0 Å². The third kappa shape index (κ3) is 3.19. The molecule has 1 nitrogen and oxygen atoms in total. The van der Waals surface area contributed by atoms with Gasteiger partial charge in [-0.25, -0.2) is 4.39 Å². The van der Waals surface area contributed by atoms with Crippen LogP contribution in [-0.4, -0.2) is 6.61 Å². The molecule has 0 amide bonds. The Kier molecular flexibility index (Phi) is 3.96. The summed E-state index contributed by atoms with van der Waals surface area (Å²) in [4.78, 5) is 0. The standard InChI is InChI=1S/C10H10BrFO/c1-2-3-6-13-10-5-4-8(12)7-9(10)11/h2-5,7H,6H2,1H3/b3-2+. The minimum absolute atomic E-state index is 0.273. The summed E-state index contributed by atoms with van der Waals surface area (Å²) in [6.07, 6.45) is 3.78. The van der Waals surface area contributed by atoms with Gasteiger partial charge in [0.2, 0.25) is 0 Å². The molecular formula is C10H10BrFO. The van der Waals surface area contributed by atoms with Crippen molar-refractivity contribution in [3.05, 3.63) is 40.6 Å². The molecule has 0 unspecified atom stereocenters. The van der Waals surface area contributed by atoms with Gasteiger partial charge in [0.25, 0.3) is 0 Å². The van der Waals surface area contributed by atoms with Crippen LogP contribution in [0.5, 0.6) is 5.75 Å². The van der Waals surface area contributed by atoms with Crippen molar-refractivity contribution in [1.29, 1.82) is 0 Å². The SMILES string of the molecule is C/C=C/COc1ccc(F)cc1Br. The molecule has 0 radical (unpaired) electrons. The van der Waals surface area contributed by atoms with Gasteiger partial charge in [0.15, 0.2) is 0 Å². The fraction of sp³-hybridized carbons (Fsp3) is 0.200. The summed E-state index contributed by atoms with van der Waals surface area (Å²) in [5.41, 5.74) is 0. The van der Waals surface area contributed by atoms with E-state index in [-0.39, 0.29) is 5.82 Å². The van der Waals surface area contributed by atoms with E-state index in [0.29, 0.717) is 16.8 Å². The number of benzene rings is 1. The number of halogens is 2. The predicted octanol–water partition coefficient (Wildman–Crippen LogP) is 3.54. The first kappa shape index (κ1) is 10.3. The van der Waals surface area contributed by atoms with E-state index in [9.17, 15) is 4.39 Å². The largest absolute Gasteiger partial charge is 0.488 e. The summed E-state index contributed by atoms with van der Waals surface area (Å²) in [6.45, 7) is 2.42. The fourth-order valence-corrected chi connectivity index (χ4v) is 1.29. The predicted molar refractivity (Wildman–Crippen MR) is 54.4 cm³/mol. The zero-order valence-corrected chi connectivity index (χ0v) is 8.84. The van der Waals surface area contributed by atoms with Gasteiger partial charge in [-0.2, -0.15) is 0 Å². The van der Waals surface area contributed by atoms with Gasteiger partial charge in [-0.1, -0.05) is 12.2 Å². The summed E-state index contributed by atoms with van der Waals surface area (Å²) >= 11 is 3.21. The van der Waals surface area contributed by atoms with E-state index < -0.39 is 0 Å². The van der Waals surface area contributed by atoms with E-state index in [4.69, 9.17) is 4.74 Å². The van der Waals surface area contributed by atoms with Gasteiger partial charge in [-0.05, 0) is 41.1 Å². The molecule has 0 aliphatic rings. The molecule has 0 N–H and O–H groups in total. The average molecular weight is 245 g/mol. The minimum Gasteiger partial charge on any atom is -0.488 e. The molecule has 70 valence electrons. The van der Waals surface area contributed by atoms with Crippen LogP contribution < -0.4 is 4.74 Å². The average Bonchev–Trinajstić information content (AvgIpc) is 2.09. The van der Waals surface area contributed by atoms with Crippen molar-refractivity contribution in [1.82, 2.24) is 0 Å². The van der Waals surface area contributed by atoms with Crippen LogP contribution in [0.4, 0.5) is 4.39 Å². The molecule has 0 aliphatic carbocycles. The molecule has 0 aromatic heterocycles. The molecular weight excluding hydrogens is 235 g/mol. The third-order valence-electron chi connectivity index (χ3n) is 1.46. The van der Waals surface area contributed by atoms with Gasteiger partial charge in [-0.3, -0.25) is 0 Å². The summed E-state index contributed by atoms with van der Waals surface area (Å²) in [6, 6.07) is 4.35. The zero-order chi connectivity index (χ0) is 9.68. The first-order valence-corrected chi connectivity index (χ1v) is 4.72. The summed E-state index contributed by atoms with van der Waals surface area (Å²) in [5, 5.41) is 0. The van der Waals surface area contributed by atoms with E-state index in [2.05, 4.69) is 15.9 Å². The molecule has 3 heteroatoms. The van der Waals surface area contributed by atoms with Crippen molar-refractivity contribution >= 4 is 15.9 Å². The monoisotopic (exact) mass is 244 g/mol. The lowest BCUT2D eigenvalue weighted by Gasteiger charge is -2.04. The van der Waals surface area contributed by atoms with Crippen molar-refractivity contribution in [2.75, 3.05) is 6.61 Å². The van der Waals surface area contributed by atoms with Crippen LogP contribution in [0.1, 0.15) is 6.92 Å². The van der Waals surface area contributed by atoms with Gasteiger partial charge < -0.3 is 4.74 Å². The molecule has 1 aromatic carbocycles. The molecule has 0 heterocycles. The Labute approximate surface area is 85.3 Å². The van der Waals surface area contributed by atoms with Crippen molar-refractivity contribution in [2.24, 2.45) is 0 Å². The van der Waals surface area contributed by atoms with Gasteiger partial charge in [0.1, 0.15) is 18.2 Å². The molecule has 0 saturated carbocycles. The number of hydrogen-bond donors (Lipinski definition) is 0. The lowest BCUT2D eigenvalue weighted by molar-refractivity contribution is 0.359. The van der Waals surface area contributed by atoms with Crippen LogP contribution in [0.2, 0.25) is 0 Å². The highest BCUT2D eigenvalue weighted by atomic mass is 79.9. The number of allylic oxidation sites excluding steroid dienone is 1. The van der Waals surface area contributed by atoms with Crippen molar-refractivity contribution in [3.8, 4) is 5.75 Å². The summed E-state index contributed by atoms with van der Waals surface area (Å²) in [7, 11) is 0. The molecule has 13 heavy (non-hydrogen) atoms. The Morgan fingerprint density at radius 2 is 2.31 bits per heavy atom. The van der Waals surface area contributed by atoms with Crippen LogP contribution in [0.25, 0.3) is 0 Å². The van der Waals surface area contributed by atoms with Gasteiger partial charge in [0.05, 0.1) is 4.47 Å². The molecule has 1 aromatic rings. The maximum absolute atomic E-state index is 12.6. The molecule has 0 atom stereocenters.